The molecule has 1 heterocycles. The monoisotopic (exact) mass is 277 g/mol. The zero-order chi connectivity index (χ0) is 15.2. The lowest BCUT2D eigenvalue weighted by Gasteiger charge is -2.43. The molecule has 0 amide bonds. The van der Waals surface area contributed by atoms with Crippen molar-refractivity contribution >= 4 is 6.29 Å². The molecule has 1 aliphatic rings. The van der Waals surface area contributed by atoms with Crippen LogP contribution in [0.3, 0.4) is 0 Å². The minimum absolute atomic E-state index is 0.0417. The molecule has 3 nitrogen and oxygen atoms in total. The van der Waals surface area contributed by atoms with Gasteiger partial charge in [-0.15, -0.1) is 0 Å². The highest BCUT2D eigenvalue weighted by Crippen LogP contribution is 2.24. The summed E-state index contributed by atoms with van der Waals surface area (Å²) in [6.07, 6.45) is 1.07. The maximum atomic E-state index is 10.8. The number of benzene rings is 1. The van der Waals surface area contributed by atoms with Gasteiger partial charge in [-0.25, -0.2) is 0 Å². The van der Waals surface area contributed by atoms with E-state index in [9.17, 15) is 4.79 Å². The van der Waals surface area contributed by atoms with Gasteiger partial charge in [-0.3, -0.25) is 4.90 Å². The van der Waals surface area contributed by atoms with Gasteiger partial charge in [0.2, 0.25) is 0 Å². The van der Waals surface area contributed by atoms with Crippen LogP contribution in [0, 0.1) is 5.92 Å². The Morgan fingerprint density at radius 3 is 2.25 bits per heavy atom. The first-order chi connectivity index (χ1) is 9.37. The third kappa shape index (κ3) is 5.43. The van der Waals surface area contributed by atoms with Crippen LogP contribution in [0.2, 0.25) is 0 Å². The smallest absolute Gasteiger partial charge is 0.137 e. The zero-order valence-electron chi connectivity index (χ0n) is 13.3. The van der Waals surface area contributed by atoms with Crippen LogP contribution in [0.4, 0.5) is 0 Å². The molecular weight excluding hydrogens is 250 g/mol. The van der Waals surface area contributed by atoms with Crippen LogP contribution in [0.25, 0.3) is 0 Å². The SMILES string of the molecule is CC1CN(Cc2ccccc2)C1C=O.COC(C)(C)C. The highest BCUT2D eigenvalue weighted by molar-refractivity contribution is 5.60. The number of ether oxygens (including phenoxy) is 1. The van der Waals surface area contributed by atoms with Crippen LogP contribution >= 0.6 is 0 Å². The molecule has 1 fully saturated rings. The van der Waals surface area contributed by atoms with Gasteiger partial charge in [0.15, 0.2) is 0 Å². The van der Waals surface area contributed by atoms with Gasteiger partial charge in [-0.1, -0.05) is 37.3 Å². The Hall–Kier alpha value is -1.19. The minimum Gasteiger partial charge on any atom is -0.379 e. The molecule has 20 heavy (non-hydrogen) atoms. The van der Waals surface area contributed by atoms with E-state index in [1.165, 1.54) is 5.56 Å². The highest BCUT2D eigenvalue weighted by atomic mass is 16.5. The van der Waals surface area contributed by atoms with Crippen molar-refractivity contribution in [3.05, 3.63) is 35.9 Å². The molecule has 0 radical (unpaired) electrons. The largest absolute Gasteiger partial charge is 0.379 e. The second-order valence-electron chi connectivity index (χ2n) is 6.34. The Bertz CT molecular complexity index is 397. The fraction of sp³-hybridized carbons (Fsp3) is 0.588. The molecule has 2 atom stereocenters. The van der Waals surface area contributed by atoms with Gasteiger partial charge < -0.3 is 9.53 Å². The van der Waals surface area contributed by atoms with Crippen molar-refractivity contribution in [1.29, 1.82) is 0 Å². The number of hydrogen-bond donors (Lipinski definition) is 0. The lowest BCUT2D eigenvalue weighted by molar-refractivity contribution is -0.120. The summed E-state index contributed by atoms with van der Waals surface area (Å²) in [6.45, 7) is 10.1. The van der Waals surface area contributed by atoms with E-state index in [-0.39, 0.29) is 11.6 Å². The normalized spacial score (nSPS) is 22.4. The molecule has 0 N–H and O–H groups in total. The van der Waals surface area contributed by atoms with Gasteiger partial charge in [0.25, 0.3) is 0 Å². The zero-order valence-corrected chi connectivity index (χ0v) is 13.3. The summed E-state index contributed by atoms with van der Waals surface area (Å²) in [7, 11) is 1.71. The van der Waals surface area contributed by atoms with Crippen LogP contribution in [-0.4, -0.2) is 36.5 Å². The number of carbonyl (C=O) groups excluding carboxylic acids is 1. The first kappa shape index (κ1) is 16.9. The molecular formula is C17H27NO2. The third-order valence-electron chi connectivity index (χ3n) is 3.51. The summed E-state index contributed by atoms with van der Waals surface area (Å²) >= 11 is 0. The molecule has 0 aromatic heterocycles. The van der Waals surface area contributed by atoms with Crippen molar-refractivity contribution < 1.29 is 9.53 Å². The average Bonchev–Trinajstić information content (AvgIpc) is 2.39. The standard InChI is InChI=1S/C12H15NO.C5H12O/c1-10-7-13(12(10)9-14)8-11-5-3-2-4-6-11;1-5(2,3)6-4/h2-6,9-10,12H,7-8H2,1H3;1-4H3. The summed E-state index contributed by atoms with van der Waals surface area (Å²) < 4.78 is 4.94. The second kappa shape index (κ2) is 7.55. The lowest BCUT2D eigenvalue weighted by atomic mass is 9.91. The minimum atomic E-state index is 0.0417. The molecule has 0 spiro atoms. The van der Waals surface area contributed by atoms with Crippen molar-refractivity contribution in [2.24, 2.45) is 5.92 Å². The summed E-state index contributed by atoms with van der Waals surface area (Å²) in [6, 6.07) is 10.4. The number of nitrogens with zero attached hydrogens (tertiary/aromatic N) is 1. The Morgan fingerprint density at radius 1 is 1.30 bits per heavy atom. The van der Waals surface area contributed by atoms with Crippen molar-refractivity contribution in [1.82, 2.24) is 4.90 Å². The van der Waals surface area contributed by atoms with E-state index in [4.69, 9.17) is 4.74 Å². The van der Waals surface area contributed by atoms with Gasteiger partial charge in [0.1, 0.15) is 6.29 Å². The van der Waals surface area contributed by atoms with Crippen molar-refractivity contribution in [2.75, 3.05) is 13.7 Å². The van der Waals surface area contributed by atoms with E-state index in [1.54, 1.807) is 7.11 Å². The Labute approximate surface area is 122 Å². The molecule has 0 aliphatic carbocycles. The first-order valence-electron chi connectivity index (χ1n) is 7.16. The quantitative estimate of drug-likeness (QED) is 0.795. The molecule has 0 saturated carbocycles. The van der Waals surface area contributed by atoms with E-state index in [2.05, 4.69) is 24.0 Å². The lowest BCUT2D eigenvalue weighted by Crippen LogP contribution is -2.55. The number of carbonyl (C=O) groups is 1. The van der Waals surface area contributed by atoms with Crippen LogP contribution in [0.5, 0.6) is 0 Å². The van der Waals surface area contributed by atoms with Crippen molar-refractivity contribution in [2.45, 2.75) is 45.9 Å². The number of rotatable bonds is 3. The molecule has 1 aliphatic heterocycles. The highest BCUT2D eigenvalue weighted by Gasteiger charge is 2.34. The third-order valence-corrected chi connectivity index (χ3v) is 3.51. The molecule has 2 unspecified atom stereocenters. The molecule has 1 aromatic rings. The van der Waals surface area contributed by atoms with Crippen LogP contribution in [0.15, 0.2) is 30.3 Å². The maximum Gasteiger partial charge on any atom is 0.137 e. The fourth-order valence-corrected chi connectivity index (χ4v) is 2.03. The van der Waals surface area contributed by atoms with E-state index in [0.29, 0.717) is 5.92 Å². The predicted octanol–water partition coefficient (Wildman–Crippen LogP) is 3.14. The molecule has 3 heteroatoms. The molecule has 0 bridgehead atoms. The second-order valence-corrected chi connectivity index (χ2v) is 6.34. The van der Waals surface area contributed by atoms with Crippen LogP contribution < -0.4 is 0 Å². The number of methoxy groups -OCH3 is 1. The topological polar surface area (TPSA) is 29.5 Å². The molecule has 1 aromatic carbocycles. The van der Waals surface area contributed by atoms with E-state index in [1.807, 2.05) is 39.0 Å². The number of likely N-dealkylation sites (tertiary alicyclic amines) is 1. The van der Waals surface area contributed by atoms with Gasteiger partial charge in [-0.05, 0) is 32.3 Å². The molecule has 2 rings (SSSR count). The Morgan fingerprint density at radius 2 is 1.85 bits per heavy atom. The first-order valence-corrected chi connectivity index (χ1v) is 7.16. The summed E-state index contributed by atoms with van der Waals surface area (Å²) in [4.78, 5) is 13.0. The maximum absolute atomic E-state index is 10.8. The predicted molar refractivity (Wildman–Crippen MR) is 82.6 cm³/mol. The number of aldehydes is 1. The van der Waals surface area contributed by atoms with Gasteiger partial charge in [0, 0.05) is 20.2 Å². The Kier molecular flexibility index (Phi) is 6.37. The fourth-order valence-electron chi connectivity index (χ4n) is 2.03. The summed E-state index contributed by atoms with van der Waals surface area (Å²) in [5, 5.41) is 0. The number of hydrogen-bond acceptors (Lipinski definition) is 3. The molecule has 112 valence electrons. The van der Waals surface area contributed by atoms with Gasteiger partial charge in [0.05, 0.1) is 11.6 Å². The summed E-state index contributed by atoms with van der Waals surface area (Å²) in [5.74, 6) is 0.524. The summed E-state index contributed by atoms with van der Waals surface area (Å²) in [5.41, 5.74) is 1.33. The van der Waals surface area contributed by atoms with E-state index < -0.39 is 0 Å². The van der Waals surface area contributed by atoms with Crippen molar-refractivity contribution in [3.63, 3.8) is 0 Å². The van der Waals surface area contributed by atoms with Crippen LogP contribution in [-0.2, 0) is 16.1 Å². The van der Waals surface area contributed by atoms with Crippen LogP contribution in [0.1, 0.15) is 33.3 Å². The van der Waals surface area contributed by atoms with E-state index in [0.717, 1.165) is 19.4 Å². The van der Waals surface area contributed by atoms with Gasteiger partial charge >= 0.3 is 0 Å². The average molecular weight is 277 g/mol. The van der Waals surface area contributed by atoms with Crippen molar-refractivity contribution in [3.8, 4) is 0 Å². The van der Waals surface area contributed by atoms with Gasteiger partial charge in [-0.2, -0.15) is 0 Å². The molecule has 1 saturated heterocycles. The van der Waals surface area contributed by atoms with E-state index >= 15 is 0 Å². The Balaban J connectivity index is 0.000000286.